The molecule has 1 aromatic rings. The number of rotatable bonds is 10. The predicted molar refractivity (Wildman–Crippen MR) is 126 cm³/mol. The zero-order valence-electron chi connectivity index (χ0n) is 18.4. The SMILES string of the molecule is CC(C)(C)C(NC(=O)OC1CC1)C(=O)NNCC(O)C(Cc1ccc(I)cc1)NC(=O)O. The van der Waals surface area contributed by atoms with Gasteiger partial charge < -0.3 is 25.6 Å². The molecule has 1 aliphatic rings. The fourth-order valence-corrected chi connectivity index (χ4v) is 3.30. The summed E-state index contributed by atoms with van der Waals surface area (Å²) in [6.45, 7) is 5.30. The number of amides is 3. The molecular formula is C21H31IN4O6. The van der Waals surface area contributed by atoms with Crippen LogP contribution in [0, 0.1) is 8.99 Å². The molecule has 2 rings (SSSR count). The normalized spacial score (nSPS) is 16.4. The summed E-state index contributed by atoms with van der Waals surface area (Å²) in [4.78, 5) is 35.8. The number of alkyl carbamates (subject to hydrolysis) is 1. The molecule has 3 amide bonds. The van der Waals surface area contributed by atoms with Gasteiger partial charge in [-0.2, -0.15) is 0 Å². The molecule has 3 unspecified atom stereocenters. The Morgan fingerprint density at radius 3 is 2.31 bits per heavy atom. The van der Waals surface area contributed by atoms with Crippen LogP contribution in [0.4, 0.5) is 9.59 Å². The number of carbonyl (C=O) groups excluding carboxylic acids is 2. The molecule has 1 aromatic carbocycles. The molecule has 1 fully saturated rings. The van der Waals surface area contributed by atoms with Crippen LogP contribution in [0.15, 0.2) is 24.3 Å². The van der Waals surface area contributed by atoms with Crippen molar-refractivity contribution in [3.63, 3.8) is 0 Å². The molecule has 178 valence electrons. The molecule has 0 heterocycles. The molecule has 3 atom stereocenters. The van der Waals surface area contributed by atoms with Gasteiger partial charge in [-0.25, -0.2) is 15.0 Å². The fraction of sp³-hybridized carbons (Fsp3) is 0.571. The van der Waals surface area contributed by atoms with E-state index in [0.29, 0.717) is 0 Å². The minimum absolute atomic E-state index is 0.0845. The Hall–Kier alpha value is -2.12. The molecule has 0 aliphatic heterocycles. The lowest BCUT2D eigenvalue weighted by atomic mass is 9.86. The van der Waals surface area contributed by atoms with Crippen molar-refractivity contribution in [3.8, 4) is 0 Å². The van der Waals surface area contributed by atoms with Crippen LogP contribution in [0.25, 0.3) is 0 Å². The summed E-state index contributed by atoms with van der Waals surface area (Å²) >= 11 is 2.17. The Bertz CT molecular complexity index is 794. The molecule has 6 N–H and O–H groups in total. The van der Waals surface area contributed by atoms with Crippen molar-refractivity contribution in [2.24, 2.45) is 5.41 Å². The van der Waals surface area contributed by atoms with Crippen LogP contribution in [0.1, 0.15) is 39.2 Å². The van der Waals surface area contributed by atoms with Crippen LogP contribution >= 0.6 is 22.6 Å². The minimum atomic E-state index is -1.25. The zero-order chi connectivity index (χ0) is 23.9. The number of aliphatic hydroxyl groups excluding tert-OH is 1. The maximum atomic E-state index is 12.6. The number of carboxylic acid groups (broad SMARTS) is 1. The first kappa shape index (κ1) is 26.1. The summed E-state index contributed by atoms with van der Waals surface area (Å²) in [5, 5.41) is 24.5. The van der Waals surface area contributed by atoms with E-state index >= 15 is 0 Å². The highest BCUT2D eigenvalue weighted by Crippen LogP contribution is 2.24. The van der Waals surface area contributed by atoms with Crippen molar-refractivity contribution in [2.75, 3.05) is 6.54 Å². The maximum Gasteiger partial charge on any atom is 0.408 e. The lowest BCUT2D eigenvalue weighted by molar-refractivity contribution is -0.126. The van der Waals surface area contributed by atoms with Crippen molar-refractivity contribution in [1.29, 1.82) is 0 Å². The van der Waals surface area contributed by atoms with Crippen LogP contribution in [-0.2, 0) is 16.0 Å². The molecule has 32 heavy (non-hydrogen) atoms. The number of aliphatic hydroxyl groups is 1. The first-order valence-corrected chi connectivity index (χ1v) is 11.5. The van der Waals surface area contributed by atoms with Gasteiger partial charge in [0, 0.05) is 10.1 Å². The first-order valence-electron chi connectivity index (χ1n) is 10.4. The average Bonchev–Trinajstić information content (AvgIpc) is 3.49. The second kappa shape index (κ2) is 11.7. The van der Waals surface area contributed by atoms with E-state index in [9.17, 15) is 19.5 Å². The quantitative estimate of drug-likeness (QED) is 0.188. The third-order valence-electron chi connectivity index (χ3n) is 4.85. The molecule has 1 aliphatic carbocycles. The van der Waals surface area contributed by atoms with Crippen molar-refractivity contribution < 1.29 is 29.3 Å². The summed E-state index contributed by atoms with van der Waals surface area (Å²) < 4.78 is 6.20. The maximum absolute atomic E-state index is 12.6. The van der Waals surface area contributed by atoms with Crippen molar-refractivity contribution in [2.45, 2.75) is 64.3 Å². The van der Waals surface area contributed by atoms with Crippen LogP contribution in [-0.4, -0.2) is 59.1 Å². The van der Waals surface area contributed by atoms with Crippen molar-refractivity contribution in [1.82, 2.24) is 21.5 Å². The molecule has 0 radical (unpaired) electrons. The highest BCUT2D eigenvalue weighted by atomic mass is 127. The number of benzene rings is 1. The van der Waals surface area contributed by atoms with Crippen LogP contribution < -0.4 is 21.5 Å². The number of hydrogen-bond acceptors (Lipinski definition) is 6. The van der Waals surface area contributed by atoms with Gasteiger partial charge in [0.05, 0.1) is 12.1 Å². The second-order valence-electron chi connectivity index (χ2n) is 8.87. The monoisotopic (exact) mass is 562 g/mol. The topological polar surface area (TPSA) is 149 Å². The number of hydrogen-bond donors (Lipinski definition) is 6. The lowest BCUT2D eigenvalue weighted by Gasteiger charge is -2.30. The van der Waals surface area contributed by atoms with Crippen LogP contribution in [0.2, 0.25) is 0 Å². The number of carbonyl (C=O) groups is 3. The minimum Gasteiger partial charge on any atom is -0.465 e. The summed E-state index contributed by atoms with van der Waals surface area (Å²) in [6, 6.07) is 5.85. The predicted octanol–water partition coefficient (Wildman–Crippen LogP) is 1.75. The molecule has 0 saturated heterocycles. The molecule has 10 nitrogen and oxygen atoms in total. The van der Waals surface area contributed by atoms with E-state index in [2.05, 4.69) is 44.1 Å². The van der Waals surface area contributed by atoms with E-state index in [1.165, 1.54) is 0 Å². The van der Waals surface area contributed by atoms with E-state index in [0.717, 1.165) is 22.0 Å². The molecule has 0 spiro atoms. The van der Waals surface area contributed by atoms with Crippen molar-refractivity contribution >= 4 is 40.7 Å². The van der Waals surface area contributed by atoms with Crippen LogP contribution in [0.3, 0.4) is 0 Å². The van der Waals surface area contributed by atoms with Gasteiger partial charge >= 0.3 is 12.2 Å². The number of hydrazine groups is 1. The summed E-state index contributed by atoms with van der Waals surface area (Å²) in [5.74, 6) is -0.502. The van der Waals surface area contributed by atoms with Gasteiger partial charge in [0.25, 0.3) is 5.91 Å². The van der Waals surface area contributed by atoms with Gasteiger partial charge in [0.15, 0.2) is 0 Å². The lowest BCUT2D eigenvalue weighted by Crippen LogP contribution is -2.58. The van der Waals surface area contributed by atoms with E-state index in [1.807, 2.05) is 24.3 Å². The molecule has 0 aromatic heterocycles. The molecule has 11 heteroatoms. The number of halogens is 1. The van der Waals surface area contributed by atoms with Gasteiger partial charge in [-0.05, 0) is 65.0 Å². The third-order valence-corrected chi connectivity index (χ3v) is 5.57. The standard InChI is InChI=1S/C21H31IN4O6/c1-21(2,3)17(25-20(31)32-14-8-9-14)18(28)26-23-11-16(27)15(24-19(29)30)10-12-4-6-13(22)7-5-12/h4-7,14-17,23-24,27H,8-11H2,1-3H3,(H,25,31)(H,26,28)(H,29,30). The molecule has 0 bridgehead atoms. The Morgan fingerprint density at radius 1 is 1.16 bits per heavy atom. The highest BCUT2D eigenvalue weighted by Gasteiger charge is 2.35. The van der Waals surface area contributed by atoms with Gasteiger partial charge in [-0.3, -0.25) is 10.2 Å². The van der Waals surface area contributed by atoms with Crippen molar-refractivity contribution in [3.05, 3.63) is 33.4 Å². The highest BCUT2D eigenvalue weighted by molar-refractivity contribution is 14.1. The fourth-order valence-electron chi connectivity index (χ4n) is 2.94. The van der Waals surface area contributed by atoms with Gasteiger partial charge in [-0.1, -0.05) is 32.9 Å². The summed E-state index contributed by atoms with van der Waals surface area (Å²) in [5.41, 5.74) is 5.38. The smallest absolute Gasteiger partial charge is 0.408 e. The summed E-state index contributed by atoms with van der Waals surface area (Å²) in [7, 11) is 0. The van der Waals surface area contributed by atoms with Crippen LogP contribution in [0.5, 0.6) is 0 Å². The van der Waals surface area contributed by atoms with E-state index in [4.69, 9.17) is 9.84 Å². The largest absolute Gasteiger partial charge is 0.465 e. The summed E-state index contributed by atoms with van der Waals surface area (Å²) in [6.07, 6.45) is -1.18. The Labute approximate surface area is 201 Å². The van der Waals surface area contributed by atoms with Gasteiger partial charge in [0.2, 0.25) is 0 Å². The third kappa shape index (κ3) is 9.17. The number of nitrogens with one attached hydrogen (secondary N) is 4. The number of ether oxygens (including phenoxy) is 1. The first-order chi connectivity index (χ1) is 15.0. The van der Waals surface area contributed by atoms with E-state index in [1.54, 1.807) is 20.8 Å². The Morgan fingerprint density at radius 2 is 1.78 bits per heavy atom. The Balaban J connectivity index is 1.90. The van der Waals surface area contributed by atoms with Gasteiger partial charge in [-0.15, -0.1) is 0 Å². The zero-order valence-corrected chi connectivity index (χ0v) is 20.5. The molecule has 1 saturated carbocycles. The van der Waals surface area contributed by atoms with Gasteiger partial charge in [0.1, 0.15) is 12.1 Å². The van der Waals surface area contributed by atoms with E-state index < -0.39 is 41.7 Å². The van der Waals surface area contributed by atoms with E-state index in [-0.39, 0.29) is 19.1 Å². The second-order valence-corrected chi connectivity index (χ2v) is 10.1. The average molecular weight is 562 g/mol. The Kier molecular flexibility index (Phi) is 9.52. The molecular weight excluding hydrogens is 531 g/mol.